The number of benzene rings is 3. The van der Waals surface area contributed by atoms with Gasteiger partial charge >= 0.3 is 11.9 Å². The van der Waals surface area contributed by atoms with Gasteiger partial charge in [0.15, 0.2) is 0 Å². The second-order valence-corrected chi connectivity index (χ2v) is 9.92. The first-order valence-electron chi connectivity index (χ1n) is 12.7. The molecule has 2 N–H and O–H groups in total. The van der Waals surface area contributed by atoms with Crippen molar-refractivity contribution in [2.24, 2.45) is 0 Å². The zero-order valence-electron chi connectivity index (χ0n) is 22.0. The van der Waals surface area contributed by atoms with Crippen molar-refractivity contribution in [3.63, 3.8) is 0 Å². The molecule has 0 radical (unpaired) electrons. The molecule has 1 atom stereocenters. The first kappa shape index (κ1) is 29.3. The molecule has 0 spiro atoms. The summed E-state index contributed by atoms with van der Waals surface area (Å²) in [6, 6.07) is 19.8. The van der Waals surface area contributed by atoms with E-state index in [1.807, 2.05) is 30.3 Å². The average molecular weight is 586 g/mol. The van der Waals surface area contributed by atoms with Crippen molar-refractivity contribution in [2.75, 3.05) is 32.0 Å². The summed E-state index contributed by atoms with van der Waals surface area (Å²) in [7, 11) is 0. The van der Waals surface area contributed by atoms with Gasteiger partial charge in [-0.2, -0.15) is 0 Å². The number of rotatable bonds is 12. The Balaban J connectivity index is 1.50. The lowest BCUT2D eigenvalue weighted by atomic mass is 9.95. The Labute approximate surface area is 232 Å². The quantitative estimate of drug-likeness (QED) is 0.148. The highest BCUT2D eigenvalue weighted by atomic mass is 79.9. The van der Waals surface area contributed by atoms with Crippen LogP contribution in [-0.4, -0.2) is 43.1 Å². The van der Waals surface area contributed by atoms with Crippen molar-refractivity contribution in [1.82, 2.24) is 4.90 Å². The molecule has 3 rings (SSSR count). The normalized spacial score (nSPS) is 12.7. The van der Waals surface area contributed by atoms with Gasteiger partial charge in [0.25, 0.3) is 0 Å². The Bertz CT molecular complexity index is 1230. The fourth-order valence-electron chi connectivity index (χ4n) is 3.94. The van der Waals surface area contributed by atoms with Gasteiger partial charge < -0.3 is 15.2 Å². The van der Waals surface area contributed by atoms with Gasteiger partial charge in [-0.15, -0.1) is 0 Å². The van der Waals surface area contributed by atoms with Gasteiger partial charge in [-0.3, -0.25) is 4.90 Å². The fraction of sp³-hybridized carbons (Fsp3) is 0.333. The Hall–Kier alpha value is -3.23. The van der Waals surface area contributed by atoms with Crippen LogP contribution in [0.15, 0.2) is 71.2 Å². The number of esters is 2. The molecule has 0 saturated heterocycles. The highest BCUT2D eigenvalue weighted by Gasteiger charge is 2.37. The van der Waals surface area contributed by atoms with E-state index in [1.54, 1.807) is 36.4 Å². The highest BCUT2D eigenvalue weighted by Crippen LogP contribution is 2.30. The molecule has 0 aliphatic rings. The zero-order valence-corrected chi connectivity index (χ0v) is 23.6. The van der Waals surface area contributed by atoms with Crippen LogP contribution in [0.5, 0.6) is 0 Å². The third-order valence-corrected chi connectivity index (χ3v) is 7.07. The van der Waals surface area contributed by atoms with Gasteiger partial charge in [0, 0.05) is 23.0 Å². The number of carbonyl (C=O) groups is 2. The van der Waals surface area contributed by atoms with Crippen LogP contribution < -0.4 is 5.73 Å². The molecular formula is C30H34BrFN2O4. The summed E-state index contributed by atoms with van der Waals surface area (Å²) in [5.74, 6) is -1.49. The number of nitrogens with zero attached hydrogens (tertiary/aromatic N) is 1. The second kappa shape index (κ2) is 13.5. The molecule has 0 amide bonds. The molecule has 0 aliphatic carbocycles. The number of hydrogen-bond acceptors (Lipinski definition) is 6. The van der Waals surface area contributed by atoms with Crippen molar-refractivity contribution in [2.45, 2.75) is 39.4 Å². The zero-order chi connectivity index (χ0) is 27.7. The summed E-state index contributed by atoms with van der Waals surface area (Å²) in [6.45, 7) is 7.59. The monoisotopic (exact) mass is 584 g/mol. The van der Waals surface area contributed by atoms with E-state index in [0.29, 0.717) is 22.3 Å². The largest absolute Gasteiger partial charge is 0.463 e. The van der Waals surface area contributed by atoms with Crippen molar-refractivity contribution in [3.05, 3.63) is 87.9 Å². The molecule has 3 aromatic rings. The molecule has 0 aromatic heterocycles. The topological polar surface area (TPSA) is 81.9 Å². The SMILES string of the molecule is CCN(CC)Cc1cc(C(=O)OCCCOC(=O)C(C)(F)c2ccc(-c3ccccc3)cc2)cc(Br)c1N. The Kier molecular flexibility index (Phi) is 10.4. The third kappa shape index (κ3) is 7.42. The minimum absolute atomic E-state index is 0.0221. The first-order chi connectivity index (χ1) is 18.2. The molecule has 1 unspecified atom stereocenters. The number of anilines is 1. The molecule has 6 nitrogen and oxygen atoms in total. The number of alkyl halides is 1. The minimum atomic E-state index is -2.30. The van der Waals surface area contributed by atoms with Crippen LogP contribution in [0, 0.1) is 0 Å². The van der Waals surface area contributed by atoms with E-state index in [4.69, 9.17) is 15.2 Å². The van der Waals surface area contributed by atoms with Crippen LogP contribution in [0.1, 0.15) is 48.7 Å². The molecule has 0 heterocycles. The number of nitrogens with two attached hydrogens (primary N) is 1. The summed E-state index contributed by atoms with van der Waals surface area (Å²) in [5.41, 5.74) is 7.82. The van der Waals surface area contributed by atoms with Crippen LogP contribution >= 0.6 is 15.9 Å². The van der Waals surface area contributed by atoms with Crippen LogP contribution in [-0.2, 0) is 26.5 Å². The summed E-state index contributed by atoms with van der Waals surface area (Å²) in [4.78, 5) is 27.2. The number of halogens is 2. The second-order valence-electron chi connectivity index (χ2n) is 9.06. The maximum atomic E-state index is 15.3. The minimum Gasteiger partial charge on any atom is -0.463 e. The lowest BCUT2D eigenvalue weighted by Gasteiger charge is -2.20. The van der Waals surface area contributed by atoms with Gasteiger partial charge in [0.2, 0.25) is 5.67 Å². The predicted octanol–water partition coefficient (Wildman–Crippen LogP) is 6.52. The molecule has 0 fully saturated rings. The third-order valence-electron chi connectivity index (χ3n) is 6.41. The number of carbonyl (C=O) groups excluding carboxylic acids is 2. The van der Waals surface area contributed by atoms with Gasteiger partial charge in [-0.05, 0) is 64.8 Å². The standard InChI is InChI=1S/C30H34BrFN2O4/c1-4-34(5-2)20-24-18-23(19-26(31)27(24)33)28(35)37-16-9-17-38-29(36)30(3,32)25-14-12-22(13-15-25)21-10-7-6-8-11-21/h6-8,10-15,18-19H,4-5,9,16-17,20,33H2,1-3H3. The van der Waals surface area contributed by atoms with Crippen molar-refractivity contribution in [3.8, 4) is 11.1 Å². The van der Waals surface area contributed by atoms with E-state index in [0.717, 1.165) is 29.8 Å². The molecule has 3 aromatic carbocycles. The highest BCUT2D eigenvalue weighted by molar-refractivity contribution is 9.10. The van der Waals surface area contributed by atoms with E-state index < -0.39 is 17.6 Å². The van der Waals surface area contributed by atoms with Crippen molar-refractivity contribution in [1.29, 1.82) is 0 Å². The summed E-state index contributed by atoms with van der Waals surface area (Å²) >= 11 is 3.42. The maximum Gasteiger partial charge on any atom is 0.348 e. The Morgan fingerprint density at radius 1 is 0.947 bits per heavy atom. The summed E-state index contributed by atoms with van der Waals surface area (Å²) in [5, 5.41) is 0. The molecule has 0 saturated carbocycles. The predicted molar refractivity (Wildman–Crippen MR) is 151 cm³/mol. The van der Waals surface area contributed by atoms with Crippen molar-refractivity contribution >= 4 is 33.6 Å². The number of ether oxygens (including phenoxy) is 2. The number of hydrogen-bond donors (Lipinski definition) is 1. The van der Waals surface area contributed by atoms with Gasteiger partial charge in [0.1, 0.15) is 0 Å². The fourth-order valence-corrected chi connectivity index (χ4v) is 4.44. The lowest BCUT2D eigenvalue weighted by Crippen LogP contribution is -2.30. The summed E-state index contributed by atoms with van der Waals surface area (Å²) in [6.07, 6.45) is 0.239. The maximum absolute atomic E-state index is 15.3. The smallest absolute Gasteiger partial charge is 0.348 e. The first-order valence-corrected chi connectivity index (χ1v) is 13.5. The van der Waals surface area contributed by atoms with Gasteiger partial charge in [-0.1, -0.05) is 68.4 Å². The molecule has 0 bridgehead atoms. The van der Waals surface area contributed by atoms with Crippen LogP contribution in [0.3, 0.4) is 0 Å². The van der Waals surface area contributed by atoms with E-state index in [2.05, 4.69) is 34.7 Å². The Morgan fingerprint density at radius 2 is 1.55 bits per heavy atom. The number of nitrogen functional groups attached to an aromatic ring is 1. The van der Waals surface area contributed by atoms with Gasteiger partial charge in [-0.25, -0.2) is 14.0 Å². The molecule has 38 heavy (non-hydrogen) atoms. The molecule has 0 aliphatic heterocycles. The Morgan fingerprint density at radius 3 is 2.18 bits per heavy atom. The molecular weight excluding hydrogens is 551 g/mol. The van der Waals surface area contributed by atoms with Gasteiger partial charge in [0.05, 0.1) is 24.5 Å². The van der Waals surface area contributed by atoms with Crippen LogP contribution in [0.25, 0.3) is 11.1 Å². The molecule has 202 valence electrons. The summed E-state index contributed by atoms with van der Waals surface area (Å²) < 4.78 is 26.4. The van der Waals surface area contributed by atoms with Crippen LogP contribution in [0.4, 0.5) is 10.1 Å². The average Bonchev–Trinajstić information content (AvgIpc) is 2.93. The van der Waals surface area contributed by atoms with Crippen molar-refractivity contribution < 1.29 is 23.5 Å². The van der Waals surface area contributed by atoms with Crippen LogP contribution in [0.2, 0.25) is 0 Å². The van der Waals surface area contributed by atoms with E-state index in [1.165, 1.54) is 6.92 Å². The molecule has 8 heteroatoms. The van der Waals surface area contributed by atoms with E-state index >= 15 is 4.39 Å². The lowest BCUT2D eigenvalue weighted by molar-refractivity contribution is -0.157. The van der Waals surface area contributed by atoms with E-state index in [-0.39, 0.29) is 25.2 Å². The van der Waals surface area contributed by atoms with E-state index in [9.17, 15) is 9.59 Å².